The van der Waals surface area contributed by atoms with Gasteiger partial charge in [-0.3, -0.25) is 0 Å². The zero-order valence-corrected chi connectivity index (χ0v) is 8.94. The average molecular weight is 211 g/mol. The van der Waals surface area contributed by atoms with E-state index in [-0.39, 0.29) is 5.92 Å². The van der Waals surface area contributed by atoms with E-state index >= 15 is 0 Å². The van der Waals surface area contributed by atoms with Gasteiger partial charge < -0.3 is 21.7 Å². The third-order valence-electron chi connectivity index (χ3n) is 2.42. The van der Waals surface area contributed by atoms with Crippen molar-refractivity contribution in [1.82, 2.24) is 0 Å². The molecule has 1 radical (unpaired) electrons. The molecular formula is C9H15N4O2. The normalized spacial score (nSPS) is 19.9. The van der Waals surface area contributed by atoms with Crippen molar-refractivity contribution in [3.8, 4) is 12.1 Å². The van der Waals surface area contributed by atoms with Crippen LogP contribution in [0.4, 0.5) is 0 Å². The highest BCUT2D eigenvalue weighted by atomic mass is 16.3. The molecule has 6 heteroatoms. The van der Waals surface area contributed by atoms with Gasteiger partial charge >= 0.3 is 0 Å². The van der Waals surface area contributed by atoms with E-state index in [1.165, 1.54) is 13.8 Å². The monoisotopic (exact) mass is 211 g/mol. The van der Waals surface area contributed by atoms with Crippen molar-refractivity contribution in [2.75, 3.05) is 0 Å². The molecule has 0 amide bonds. The van der Waals surface area contributed by atoms with Gasteiger partial charge in [0.15, 0.2) is 5.41 Å². The quantitative estimate of drug-likeness (QED) is 0.439. The summed E-state index contributed by atoms with van der Waals surface area (Å²) in [5.41, 5.74) is 4.70. The Bertz CT molecular complexity index is 299. The molecule has 0 aliphatic rings. The van der Waals surface area contributed by atoms with Crippen molar-refractivity contribution in [2.45, 2.75) is 32.2 Å². The van der Waals surface area contributed by atoms with Crippen molar-refractivity contribution in [3.05, 3.63) is 5.92 Å². The summed E-state index contributed by atoms with van der Waals surface area (Å²) in [4.78, 5) is 0. The fourth-order valence-corrected chi connectivity index (χ4v) is 1.18. The van der Waals surface area contributed by atoms with Crippen molar-refractivity contribution in [2.24, 2.45) is 16.9 Å². The van der Waals surface area contributed by atoms with E-state index in [2.05, 4.69) is 0 Å². The number of hydrogen-bond donors (Lipinski definition) is 4. The summed E-state index contributed by atoms with van der Waals surface area (Å²) in [5, 5.41) is 37.0. The highest BCUT2D eigenvalue weighted by molar-refractivity contribution is 5.35. The SMILES string of the molecule is C[C](C(C)(N)O)C(C#N)(C#N)C(C)(N)O. The summed E-state index contributed by atoms with van der Waals surface area (Å²) in [6.07, 6.45) is 0. The minimum absolute atomic E-state index is 0.104. The van der Waals surface area contributed by atoms with E-state index in [4.69, 9.17) is 22.0 Å². The van der Waals surface area contributed by atoms with E-state index in [0.29, 0.717) is 0 Å². The Morgan fingerprint density at radius 1 is 1.13 bits per heavy atom. The van der Waals surface area contributed by atoms with Gasteiger partial charge in [0.2, 0.25) is 0 Å². The fraction of sp³-hybridized carbons (Fsp3) is 0.667. The van der Waals surface area contributed by atoms with E-state index in [0.717, 1.165) is 6.92 Å². The summed E-state index contributed by atoms with van der Waals surface area (Å²) >= 11 is 0. The molecule has 0 aliphatic carbocycles. The van der Waals surface area contributed by atoms with Gasteiger partial charge in [0, 0.05) is 0 Å². The molecule has 0 fully saturated rings. The average Bonchev–Trinajstić information content (AvgIpc) is 2.03. The van der Waals surface area contributed by atoms with Crippen LogP contribution in [-0.4, -0.2) is 21.7 Å². The molecule has 83 valence electrons. The Morgan fingerprint density at radius 2 is 1.47 bits per heavy atom. The molecule has 0 aliphatic heterocycles. The van der Waals surface area contributed by atoms with Crippen LogP contribution >= 0.6 is 0 Å². The Balaban J connectivity index is 5.57. The Morgan fingerprint density at radius 3 is 1.53 bits per heavy atom. The minimum Gasteiger partial charge on any atom is -0.376 e. The van der Waals surface area contributed by atoms with Gasteiger partial charge in [0.1, 0.15) is 11.4 Å². The van der Waals surface area contributed by atoms with Gasteiger partial charge in [-0.05, 0) is 13.8 Å². The Hall–Kier alpha value is -1.18. The smallest absolute Gasteiger partial charge is 0.195 e. The van der Waals surface area contributed by atoms with Crippen LogP contribution in [-0.2, 0) is 0 Å². The first-order chi connectivity index (χ1) is 6.53. The molecule has 0 rings (SSSR count). The lowest BCUT2D eigenvalue weighted by atomic mass is 9.67. The molecule has 0 spiro atoms. The maximum absolute atomic E-state index is 9.61. The number of nitrogens with zero attached hydrogens (tertiary/aromatic N) is 2. The standard InChI is InChI=1S/C9H15N4O2/c1-6(7(2,12)14)9(4-10,5-11)8(3,13)15/h14-15H,12-13H2,1-3H3. The highest BCUT2D eigenvalue weighted by Gasteiger charge is 2.55. The van der Waals surface area contributed by atoms with E-state index < -0.39 is 16.9 Å². The summed E-state index contributed by atoms with van der Waals surface area (Å²) in [5.74, 6) is -0.104. The van der Waals surface area contributed by atoms with Crippen molar-refractivity contribution in [1.29, 1.82) is 10.5 Å². The number of hydrogen-bond acceptors (Lipinski definition) is 6. The maximum atomic E-state index is 9.61. The van der Waals surface area contributed by atoms with Gasteiger partial charge in [-0.25, -0.2) is 0 Å². The predicted molar refractivity (Wildman–Crippen MR) is 52.2 cm³/mol. The molecule has 6 nitrogen and oxygen atoms in total. The molecule has 0 aromatic carbocycles. The number of aliphatic hydroxyl groups is 2. The van der Waals surface area contributed by atoms with Gasteiger partial charge in [0.25, 0.3) is 0 Å². The Kier molecular flexibility index (Phi) is 3.47. The summed E-state index contributed by atoms with van der Waals surface area (Å²) in [6.45, 7) is 3.61. The van der Waals surface area contributed by atoms with Crippen LogP contribution in [0.15, 0.2) is 0 Å². The zero-order valence-electron chi connectivity index (χ0n) is 8.94. The first kappa shape index (κ1) is 13.8. The summed E-state index contributed by atoms with van der Waals surface area (Å²) in [7, 11) is 0. The minimum atomic E-state index is -2.11. The second-order valence-electron chi connectivity index (χ2n) is 3.89. The molecule has 0 bridgehead atoms. The molecule has 0 saturated heterocycles. The van der Waals surface area contributed by atoms with Gasteiger partial charge in [-0.2, -0.15) is 10.5 Å². The van der Waals surface area contributed by atoms with Crippen molar-refractivity contribution < 1.29 is 10.2 Å². The summed E-state index contributed by atoms with van der Waals surface area (Å²) in [6, 6.07) is 3.20. The van der Waals surface area contributed by atoms with E-state index in [9.17, 15) is 10.2 Å². The highest BCUT2D eigenvalue weighted by Crippen LogP contribution is 2.40. The summed E-state index contributed by atoms with van der Waals surface area (Å²) < 4.78 is 0. The van der Waals surface area contributed by atoms with Gasteiger partial charge in [0.05, 0.1) is 18.1 Å². The van der Waals surface area contributed by atoms with Crippen molar-refractivity contribution in [3.63, 3.8) is 0 Å². The van der Waals surface area contributed by atoms with E-state index in [1.54, 1.807) is 12.1 Å². The largest absolute Gasteiger partial charge is 0.376 e. The predicted octanol–water partition coefficient (Wildman–Crippen LogP) is -1.05. The third kappa shape index (κ3) is 2.25. The van der Waals surface area contributed by atoms with Crippen LogP contribution in [0, 0.1) is 34.0 Å². The van der Waals surface area contributed by atoms with Crippen molar-refractivity contribution >= 4 is 0 Å². The second kappa shape index (κ2) is 3.76. The molecule has 0 aromatic rings. The molecule has 0 saturated carbocycles. The van der Waals surface area contributed by atoms with Gasteiger partial charge in [-0.1, -0.05) is 6.92 Å². The molecule has 2 atom stereocenters. The lowest BCUT2D eigenvalue weighted by Crippen LogP contribution is -2.60. The van der Waals surface area contributed by atoms with Crippen LogP contribution in [0.25, 0.3) is 0 Å². The molecule has 0 aromatic heterocycles. The number of nitrogens with two attached hydrogens (primary N) is 2. The van der Waals surface area contributed by atoms with Gasteiger partial charge in [-0.15, -0.1) is 0 Å². The first-order valence-electron chi connectivity index (χ1n) is 4.22. The number of rotatable bonds is 3. The lowest BCUT2D eigenvalue weighted by Gasteiger charge is -2.40. The molecule has 2 unspecified atom stereocenters. The molecule has 0 heterocycles. The van der Waals surface area contributed by atoms with Crippen LogP contribution in [0.5, 0.6) is 0 Å². The first-order valence-corrected chi connectivity index (χ1v) is 4.22. The fourth-order valence-electron chi connectivity index (χ4n) is 1.18. The molecule has 15 heavy (non-hydrogen) atoms. The lowest BCUT2D eigenvalue weighted by molar-refractivity contribution is -0.0330. The third-order valence-corrected chi connectivity index (χ3v) is 2.42. The molecule has 6 N–H and O–H groups in total. The van der Waals surface area contributed by atoms with Crippen LogP contribution in [0.1, 0.15) is 20.8 Å². The second-order valence-corrected chi connectivity index (χ2v) is 3.89. The van der Waals surface area contributed by atoms with Crippen LogP contribution in [0.3, 0.4) is 0 Å². The zero-order chi connectivity index (χ0) is 12.5. The topological polar surface area (TPSA) is 140 Å². The van der Waals surface area contributed by atoms with Crippen LogP contribution in [0.2, 0.25) is 0 Å². The maximum Gasteiger partial charge on any atom is 0.195 e. The van der Waals surface area contributed by atoms with E-state index in [1.807, 2.05) is 0 Å². The Labute approximate surface area is 88.7 Å². The number of nitriles is 2. The molecular weight excluding hydrogens is 196 g/mol. The van der Waals surface area contributed by atoms with Crippen LogP contribution < -0.4 is 11.5 Å².